The first-order valence-corrected chi connectivity index (χ1v) is 8.75. The molecule has 1 aromatic heterocycles. The van der Waals surface area contributed by atoms with E-state index in [1.165, 1.54) is 6.07 Å². The number of benzene rings is 1. The van der Waals surface area contributed by atoms with Gasteiger partial charge in [0.15, 0.2) is 0 Å². The van der Waals surface area contributed by atoms with E-state index in [0.717, 1.165) is 12.8 Å². The molecule has 3 nitrogen and oxygen atoms in total. The molecule has 0 spiro atoms. The zero-order valence-corrected chi connectivity index (χ0v) is 15.1. The maximum Gasteiger partial charge on any atom is 0.268 e. The number of halogens is 2. The zero-order chi connectivity index (χ0) is 17.7. The average molecular weight is 351 g/mol. The molecule has 1 atom stereocenters. The summed E-state index contributed by atoms with van der Waals surface area (Å²) >= 11 is 6.20. The number of amides is 1. The highest BCUT2D eigenvalue weighted by molar-refractivity contribution is 6.31. The van der Waals surface area contributed by atoms with Gasteiger partial charge >= 0.3 is 0 Å². The average Bonchev–Trinajstić information content (AvgIpc) is 3.02. The number of nitrogens with one attached hydrogen (secondary N) is 1. The van der Waals surface area contributed by atoms with Gasteiger partial charge in [0.1, 0.15) is 11.5 Å². The van der Waals surface area contributed by atoms with Crippen LogP contribution in [0.15, 0.2) is 36.5 Å². The van der Waals surface area contributed by atoms with Gasteiger partial charge < -0.3 is 9.88 Å². The fourth-order valence-electron chi connectivity index (χ4n) is 2.81. The van der Waals surface area contributed by atoms with E-state index in [1.54, 1.807) is 18.2 Å². The Hall–Kier alpha value is -1.81. The molecule has 2 rings (SSSR count). The fraction of sp³-hybridized carbons (Fsp3) is 0.421. The third-order valence-electron chi connectivity index (χ3n) is 4.07. The van der Waals surface area contributed by atoms with Crippen LogP contribution < -0.4 is 5.32 Å². The number of hydrogen-bond acceptors (Lipinski definition) is 1. The summed E-state index contributed by atoms with van der Waals surface area (Å²) < 4.78 is 16.2. The first kappa shape index (κ1) is 18.5. The van der Waals surface area contributed by atoms with Crippen LogP contribution in [-0.4, -0.2) is 10.5 Å². The van der Waals surface area contributed by atoms with Crippen molar-refractivity contribution >= 4 is 17.5 Å². The van der Waals surface area contributed by atoms with Gasteiger partial charge in [-0.15, -0.1) is 0 Å². The van der Waals surface area contributed by atoms with E-state index in [2.05, 4.69) is 12.2 Å². The zero-order valence-electron chi connectivity index (χ0n) is 14.4. The predicted octanol–water partition coefficient (Wildman–Crippen LogP) is 5.52. The smallest absolute Gasteiger partial charge is 0.268 e. The lowest BCUT2D eigenvalue weighted by Crippen LogP contribution is -2.31. The van der Waals surface area contributed by atoms with E-state index in [1.807, 2.05) is 30.7 Å². The second-order valence-corrected chi connectivity index (χ2v) is 6.61. The van der Waals surface area contributed by atoms with Gasteiger partial charge in [-0.1, -0.05) is 37.4 Å². The molecule has 0 fully saturated rings. The van der Waals surface area contributed by atoms with Gasteiger partial charge in [0, 0.05) is 22.8 Å². The van der Waals surface area contributed by atoms with Gasteiger partial charge in [0.2, 0.25) is 0 Å². The van der Waals surface area contributed by atoms with Crippen molar-refractivity contribution < 1.29 is 9.18 Å². The van der Waals surface area contributed by atoms with Crippen LogP contribution in [0.4, 0.5) is 4.39 Å². The van der Waals surface area contributed by atoms with Gasteiger partial charge in [0.05, 0.1) is 6.04 Å². The number of hydrogen-bond donors (Lipinski definition) is 1. The van der Waals surface area contributed by atoms with E-state index in [-0.39, 0.29) is 17.8 Å². The second-order valence-electron chi connectivity index (χ2n) is 6.20. The van der Waals surface area contributed by atoms with Crippen LogP contribution >= 0.6 is 11.6 Å². The second kappa shape index (κ2) is 8.34. The largest absolute Gasteiger partial charge is 0.344 e. The number of unbranched alkanes of at least 4 members (excludes halogenated alkanes) is 1. The standard InChI is InChI=1S/C19H24ClFN2O/c1-4-5-10-16(18-14(20)8-6-9-15(18)21)22-19(24)17-11-7-12-23(17)13(2)3/h6-9,11-13,16H,4-5,10H2,1-3H3,(H,22,24)/t16-/m1/s1. The summed E-state index contributed by atoms with van der Waals surface area (Å²) in [6.07, 6.45) is 4.35. The van der Waals surface area contributed by atoms with Crippen molar-refractivity contribution in [2.75, 3.05) is 0 Å². The summed E-state index contributed by atoms with van der Waals surface area (Å²) in [5, 5.41) is 3.31. The molecule has 0 bridgehead atoms. The molecule has 0 saturated heterocycles. The van der Waals surface area contributed by atoms with Gasteiger partial charge in [-0.05, 0) is 44.5 Å². The Morgan fingerprint density at radius 3 is 2.67 bits per heavy atom. The Balaban J connectivity index is 2.29. The van der Waals surface area contributed by atoms with E-state index in [0.29, 0.717) is 22.7 Å². The summed E-state index contributed by atoms with van der Waals surface area (Å²) in [5.41, 5.74) is 0.933. The minimum Gasteiger partial charge on any atom is -0.344 e. The van der Waals surface area contributed by atoms with Crippen molar-refractivity contribution in [3.05, 3.63) is 58.6 Å². The highest BCUT2D eigenvalue weighted by Crippen LogP contribution is 2.29. The Bertz CT molecular complexity index is 676. The maximum absolute atomic E-state index is 14.3. The molecule has 130 valence electrons. The summed E-state index contributed by atoms with van der Waals surface area (Å²) in [5.74, 6) is -0.600. The quantitative estimate of drug-likeness (QED) is 0.700. The molecule has 0 saturated carbocycles. The Morgan fingerprint density at radius 1 is 1.29 bits per heavy atom. The molecule has 24 heavy (non-hydrogen) atoms. The van der Waals surface area contributed by atoms with Gasteiger partial charge in [-0.25, -0.2) is 4.39 Å². The summed E-state index contributed by atoms with van der Waals surface area (Å²) in [4.78, 5) is 12.7. The lowest BCUT2D eigenvalue weighted by atomic mass is 10.00. The highest BCUT2D eigenvalue weighted by Gasteiger charge is 2.22. The molecule has 2 aromatic rings. The minimum atomic E-state index is -0.443. The maximum atomic E-state index is 14.3. The van der Waals surface area contributed by atoms with Crippen LogP contribution in [0.2, 0.25) is 5.02 Å². The van der Waals surface area contributed by atoms with Crippen molar-refractivity contribution in [1.29, 1.82) is 0 Å². The van der Waals surface area contributed by atoms with Gasteiger partial charge in [0.25, 0.3) is 5.91 Å². The van der Waals surface area contributed by atoms with E-state index in [9.17, 15) is 9.18 Å². The number of carbonyl (C=O) groups is 1. The van der Waals surface area contributed by atoms with Crippen LogP contribution in [0.25, 0.3) is 0 Å². The van der Waals surface area contributed by atoms with Crippen molar-refractivity contribution in [3.63, 3.8) is 0 Å². The number of nitrogens with zero attached hydrogens (tertiary/aromatic N) is 1. The van der Waals surface area contributed by atoms with Crippen LogP contribution in [0.3, 0.4) is 0 Å². The Morgan fingerprint density at radius 2 is 2.04 bits per heavy atom. The summed E-state index contributed by atoms with van der Waals surface area (Å²) in [7, 11) is 0. The summed E-state index contributed by atoms with van der Waals surface area (Å²) in [6, 6.07) is 7.95. The molecule has 5 heteroatoms. The highest BCUT2D eigenvalue weighted by atomic mass is 35.5. The van der Waals surface area contributed by atoms with Crippen molar-refractivity contribution in [2.24, 2.45) is 0 Å². The van der Waals surface area contributed by atoms with Gasteiger partial charge in [-0.3, -0.25) is 4.79 Å². The monoisotopic (exact) mass is 350 g/mol. The lowest BCUT2D eigenvalue weighted by Gasteiger charge is -2.22. The molecule has 0 radical (unpaired) electrons. The Labute approximate surface area is 147 Å². The first-order chi connectivity index (χ1) is 11.5. The molecular formula is C19H24ClFN2O. The first-order valence-electron chi connectivity index (χ1n) is 8.37. The van der Waals surface area contributed by atoms with Crippen LogP contribution in [0, 0.1) is 5.82 Å². The Kier molecular flexibility index (Phi) is 6.44. The van der Waals surface area contributed by atoms with Crippen LogP contribution in [0.5, 0.6) is 0 Å². The third-order valence-corrected chi connectivity index (χ3v) is 4.40. The molecular weight excluding hydrogens is 327 g/mol. The molecule has 1 amide bonds. The topological polar surface area (TPSA) is 34.0 Å². The molecule has 0 unspecified atom stereocenters. The molecule has 0 aliphatic heterocycles. The summed E-state index contributed by atoms with van der Waals surface area (Å²) in [6.45, 7) is 6.09. The van der Waals surface area contributed by atoms with Crippen molar-refractivity contribution in [1.82, 2.24) is 9.88 Å². The van der Waals surface area contributed by atoms with E-state index >= 15 is 0 Å². The SMILES string of the molecule is CCCC[C@@H](NC(=O)c1cccn1C(C)C)c1c(F)cccc1Cl. The van der Waals surface area contributed by atoms with Crippen LogP contribution in [0.1, 0.15) is 68.2 Å². The van der Waals surface area contributed by atoms with Crippen molar-refractivity contribution in [2.45, 2.75) is 52.1 Å². The number of aromatic nitrogens is 1. The van der Waals surface area contributed by atoms with E-state index in [4.69, 9.17) is 11.6 Å². The molecule has 1 heterocycles. The van der Waals surface area contributed by atoms with Gasteiger partial charge in [-0.2, -0.15) is 0 Å². The minimum absolute atomic E-state index is 0.173. The molecule has 1 N–H and O–H groups in total. The number of carbonyl (C=O) groups excluding carboxylic acids is 1. The number of rotatable bonds is 7. The predicted molar refractivity (Wildman–Crippen MR) is 96.0 cm³/mol. The third kappa shape index (κ3) is 4.18. The normalized spacial score (nSPS) is 12.4. The molecule has 0 aliphatic rings. The lowest BCUT2D eigenvalue weighted by molar-refractivity contribution is 0.0922. The molecule has 1 aromatic carbocycles. The fourth-order valence-corrected chi connectivity index (χ4v) is 3.10. The molecule has 0 aliphatic carbocycles. The van der Waals surface area contributed by atoms with Crippen molar-refractivity contribution in [3.8, 4) is 0 Å². The van der Waals surface area contributed by atoms with E-state index < -0.39 is 6.04 Å². The van der Waals surface area contributed by atoms with Crippen LogP contribution in [-0.2, 0) is 0 Å².